The number of aliphatic carboxylic acids is 1. The Kier molecular flexibility index (Phi) is 6.37. The SMILES string of the molecule is COCCCOCCN1CCCC1C(=O)O. The summed E-state index contributed by atoms with van der Waals surface area (Å²) in [6.07, 6.45) is 2.62. The molecule has 1 fully saturated rings. The minimum Gasteiger partial charge on any atom is -0.480 e. The maximum atomic E-state index is 10.9. The van der Waals surface area contributed by atoms with Gasteiger partial charge in [-0.05, 0) is 25.8 Å². The first-order valence-corrected chi connectivity index (χ1v) is 5.79. The molecule has 0 aromatic carbocycles. The zero-order valence-electron chi connectivity index (χ0n) is 9.85. The normalized spacial score (nSPS) is 21.4. The highest BCUT2D eigenvalue weighted by Gasteiger charge is 2.29. The van der Waals surface area contributed by atoms with Crippen LogP contribution in [0, 0.1) is 0 Å². The highest BCUT2D eigenvalue weighted by atomic mass is 16.5. The van der Waals surface area contributed by atoms with Crippen LogP contribution in [0.5, 0.6) is 0 Å². The zero-order chi connectivity index (χ0) is 11.8. The molecule has 1 aliphatic heterocycles. The number of methoxy groups -OCH3 is 1. The second-order valence-corrected chi connectivity index (χ2v) is 3.99. The lowest BCUT2D eigenvalue weighted by Gasteiger charge is -2.20. The van der Waals surface area contributed by atoms with E-state index in [4.69, 9.17) is 14.6 Å². The number of hydrogen-bond acceptors (Lipinski definition) is 4. The van der Waals surface area contributed by atoms with E-state index < -0.39 is 5.97 Å². The van der Waals surface area contributed by atoms with E-state index in [9.17, 15) is 4.79 Å². The summed E-state index contributed by atoms with van der Waals surface area (Å²) in [5.74, 6) is -0.711. The molecule has 94 valence electrons. The summed E-state index contributed by atoms with van der Waals surface area (Å²) >= 11 is 0. The minimum absolute atomic E-state index is 0.303. The Hall–Kier alpha value is -0.650. The topological polar surface area (TPSA) is 59.0 Å². The van der Waals surface area contributed by atoms with E-state index in [1.165, 1.54) is 0 Å². The summed E-state index contributed by atoms with van der Waals surface area (Å²) < 4.78 is 10.3. The monoisotopic (exact) mass is 231 g/mol. The van der Waals surface area contributed by atoms with Crippen molar-refractivity contribution in [3.05, 3.63) is 0 Å². The standard InChI is InChI=1S/C11H21NO4/c1-15-7-3-8-16-9-6-12-5-2-4-10(12)11(13)14/h10H,2-9H2,1H3,(H,13,14). The zero-order valence-corrected chi connectivity index (χ0v) is 9.85. The molecular weight excluding hydrogens is 210 g/mol. The van der Waals surface area contributed by atoms with Crippen molar-refractivity contribution in [3.8, 4) is 0 Å². The van der Waals surface area contributed by atoms with E-state index in [-0.39, 0.29) is 6.04 Å². The smallest absolute Gasteiger partial charge is 0.320 e. The Balaban J connectivity index is 2.05. The maximum absolute atomic E-state index is 10.9. The number of hydrogen-bond donors (Lipinski definition) is 1. The fraction of sp³-hybridized carbons (Fsp3) is 0.909. The number of carboxylic acids is 1. The van der Waals surface area contributed by atoms with Crippen molar-refractivity contribution in [1.29, 1.82) is 0 Å². The van der Waals surface area contributed by atoms with Gasteiger partial charge >= 0.3 is 5.97 Å². The van der Waals surface area contributed by atoms with Gasteiger partial charge in [0.05, 0.1) is 6.61 Å². The first-order valence-electron chi connectivity index (χ1n) is 5.79. The fourth-order valence-corrected chi connectivity index (χ4v) is 1.96. The predicted octanol–water partition coefficient (Wildman–Crippen LogP) is 0.589. The van der Waals surface area contributed by atoms with Crippen LogP contribution in [0.2, 0.25) is 0 Å². The summed E-state index contributed by atoms with van der Waals surface area (Å²) in [5, 5.41) is 8.96. The lowest BCUT2D eigenvalue weighted by molar-refractivity contribution is -0.142. The lowest BCUT2D eigenvalue weighted by Crippen LogP contribution is -2.38. The van der Waals surface area contributed by atoms with E-state index in [2.05, 4.69) is 0 Å². The van der Waals surface area contributed by atoms with Crippen LogP contribution in [-0.4, -0.2) is 62.0 Å². The fourth-order valence-electron chi connectivity index (χ4n) is 1.96. The van der Waals surface area contributed by atoms with Crippen LogP contribution in [-0.2, 0) is 14.3 Å². The summed E-state index contributed by atoms with van der Waals surface area (Å²) in [6, 6.07) is -0.303. The molecule has 0 aromatic rings. The quantitative estimate of drug-likeness (QED) is 0.619. The third-order valence-corrected chi connectivity index (χ3v) is 2.81. The van der Waals surface area contributed by atoms with Crippen LogP contribution in [0.4, 0.5) is 0 Å². The highest BCUT2D eigenvalue weighted by molar-refractivity contribution is 5.73. The van der Waals surface area contributed by atoms with Gasteiger partial charge in [0.2, 0.25) is 0 Å². The second kappa shape index (κ2) is 7.60. The van der Waals surface area contributed by atoms with Gasteiger partial charge in [-0.15, -0.1) is 0 Å². The van der Waals surface area contributed by atoms with Crippen molar-refractivity contribution in [3.63, 3.8) is 0 Å². The molecule has 16 heavy (non-hydrogen) atoms. The van der Waals surface area contributed by atoms with Crippen molar-refractivity contribution >= 4 is 5.97 Å². The molecule has 1 atom stereocenters. The van der Waals surface area contributed by atoms with Crippen molar-refractivity contribution < 1.29 is 19.4 Å². The molecule has 0 bridgehead atoms. The molecule has 5 heteroatoms. The van der Waals surface area contributed by atoms with Gasteiger partial charge in [0, 0.05) is 26.9 Å². The summed E-state index contributed by atoms with van der Waals surface area (Å²) in [6.45, 7) is 3.58. The van der Waals surface area contributed by atoms with Gasteiger partial charge in [0.1, 0.15) is 6.04 Å². The van der Waals surface area contributed by atoms with Crippen LogP contribution in [0.15, 0.2) is 0 Å². The molecule has 0 saturated carbocycles. The summed E-state index contributed by atoms with van der Waals surface area (Å²) in [4.78, 5) is 12.9. The van der Waals surface area contributed by atoms with Gasteiger partial charge in [0.25, 0.3) is 0 Å². The van der Waals surface area contributed by atoms with E-state index in [0.29, 0.717) is 26.4 Å². The van der Waals surface area contributed by atoms with Gasteiger partial charge in [-0.1, -0.05) is 0 Å². The van der Waals surface area contributed by atoms with Crippen molar-refractivity contribution in [2.75, 3.05) is 40.0 Å². The molecule has 1 saturated heterocycles. The van der Waals surface area contributed by atoms with Crippen molar-refractivity contribution in [2.45, 2.75) is 25.3 Å². The molecule has 5 nitrogen and oxygen atoms in total. The lowest BCUT2D eigenvalue weighted by atomic mass is 10.2. The first-order chi connectivity index (χ1) is 7.75. The average molecular weight is 231 g/mol. The second-order valence-electron chi connectivity index (χ2n) is 3.99. The predicted molar refractivity (Wildman–Crippen MR) is 59.5 cm³/mol. The Morgan fingerprint density at radius 1 is 1.44 bits per heavy atom. The first kappa shape index (κ1) is 13.4. The van der Waals surface area contributed by atoms with Crippen molar-refractivity contribution in [1.82, 2.24) is 4.90 Å². The van der Waals surface area contributed by atoms with Gasteiger partial charge in [0.15, 0.2) is 0 Å². The maximum Gasteiger partial charge on any atom is 0.320 e. The van der Waals surface area contributed by atoms with Gasteiger partial charge in [-0.3, -0.25) is 9.69 Å². The van der Waals surface area contributed by atoms with E-state index in [0.717, 1.165) is 25.8 Å². The Labute approximate surface area is 96.3 Å². The molecule has 1 unspecified atom stereocenters. The van der Waals surface area contributed by atoms with Crippen LogP contribution >= 0.6 is 0 Å². The Morgan fingerprint density at radius 2 is 2.25 bits per heavy atom. The van der Waals surface area contributed by atoms with Crippen LogP contribution < -0.4 is 0 Å². The minimum atomic E-state index is -0.711. The average Bonchev–Trinajstić information content (AvgIpc) is 2.71. The van der Waals surface area contributed by atoms with Gasteiger partial charge in [-0.2, -0.15) is 0 Å². The molecule has 0 aromatic heterocycles. The number of carboxylic acid groups (broad SMARTS) is 1. The molecule has 1 heterocycles. The molecule has 1 aliphatic rings. The molecule has 0 aliphatic carbocycles. The molecule has 1 rings (SSSR count). The molecule has 0 amide bonds. The summed E-state index contributed by atoms with van der Waals surface area (Å²) in [7, 11) is 1.67. The van der Waals surface area contributed by atoms with Gasteiger partial charge in [-0.25, -0.2) is 0 Å². The molecule has 0 radical (unpaired) electrons. The number of rotatable bonds is 8. The van der Waals surface area contributed by atoms with E-state index in [1.54, 1.807) is 7.11 Å². The van der Waals surface area contributed by atoms with Crippen LogP contribution in [0.25, 0.3) is 0 Å². The Bertz CT molecular complexity index is 210. The highest BCUT2D eigenvalue weighted by Crippen LogP contribution is 2.16. The third-order valence-electron chi connectivity index (χ3n) is 2.81. The van der Waals surface area contributed by atoms with E-state index >= 15 is 0 Å². The van der Waals surface area contributed by atoms with Crippen LogP contribution in [0.3, 0.4) is 0 Å². The third kappa shape index (κ3) is 4.47. The van der Waals surface area contributed by atoms with Gasteiger partial charge < -0.3 is 14.6 Å². The summed E-state index contributed by atoms with van der Waals surface area (Å²) in [5.41, 5.74) is 0. The molecule has 1 N–H and O–H groups in total. The molecule has 0 spiro atoms. The van der Waals surface area contributed by atoms with Crippen LogP contribution in [0.1, 0.15) is 19.3 Å². The number of likely N-dealkylation sites (tertiary alicyclic amines) is 1. The molecular formula is C11H21NO4. The van der Waals surface area contributed by atoms with E-state index in [1.807, 2.05) is 4.90 Å². The number of nitrogens with zero attached hydrogens (tertiary/aromatic N) is 1. The number of ether oxygens (including phenoxy) is 2. The number of carbonyl (C=O) groups is 1. The van der Waals surface area contributed by atoms with Crippen molar-refractivity contribution in [2.24, 2.45) is 0 Å². The largest absolute Gasteiger partial charge is 0.480 e. The Morgan fingerprint density at radius 3 is 2.94 bits per heavy atom.